The van der Waals surface area contributed by atoms with Crippen LogP contribution in [0.15, 0.2) is 36.4 Å². The Balaban J connectivity index is 1.93. The molecule has 0 aliphatic carbocycles. The van der Waals surface area contributed by atoms with E-state index >= 15 is 0 Å². The van der Waals surface area contributed by atoms with Crippen LogP contribution in [0.2, 0.25) is 0 Å². The van der Waals surface area contributed by atoms with Crippen molar-refractivity contribution in [2.45, 2.75) is 39.5 Å². The van der Waals surface area contributed by atoms with Crippen LogP contribution in [0.4, 0.5) is 0 Å². The van der Waals surface area contributed by atoms with Crippen LogP contribution in [-0.2, 0) is 9.59 Å². The first kappa shape index (κ1) is 29.1. The van der Waals surface area contributed by atoms with Gasteiger partial charge in [-0.05, 0) is 75.2 Å². The van der Waals surface area contributed by atoms with E-state index in [9.17, 15) is 9.59 Å². The van der Waals surface area contributed by atoms with Crippen LogP contribution in [0.3, 0.4) is 0 Å². The fourth-order valence-electron chi connectivity index (χ4n) is 3.98. The van der Waals surface area contributed by atoms with Crippen LogP contribution in [-0.4, -0.2) is 75.1 Å². The first-order valence-electron chi connectivity index (χ1n) is 12.6. The number of primary amides is 2. The molecule has 0 bridgehead atoms. The number of nitrogens with zero attached hydrogens (tertiary/aromatic N) is 2. The monoisotopic (exact) mass is 498 g/mol. The molecule has 0 unspecified atom stereocenters. The zero-order valence-corrected chi connectivity index (χ0v) is 22.2. The van der Waals surface area contributed by atoms with Crippen molar-refractivity contribution in [2.75, 3.05) is 53.5 Å². The average Bonchev–Trinajstić information content (AvgIpc) is 2.84. The highest BCUT2D eigenvalue weighted by molar-refractivity contribution is 5.75. The molecule has 0 aromatic heterocycles. The molecule has 8 nitrogen and oxygen atoms in total. The van der Waals surface area contributed by atoms with Crippen molar-refractivity contribution in [2.24, 2.45) is 11.5 Å². The molecule has 0 spiro atoms. The first-order chi connectivity index (χ1) is 17.2. The SMILES string of the molecule is Cc1c(OCCCN(C)CCC(N)=O)cccc1-c1cccc(OCCCN(C)CCC(N)=O)c1C. The maximum atomic E-state index is 10.9. The van der Waals surface area contributed by atoms with Gasteiger partial charge in [0.15, 0.2) is 0 Å². The Morgan fingerprint density at radius 1 is 0.694 bits per heavy atom. The summed E-state index contributed by atoms with van der Waals surface area (Å²) in [4.78, 5) is 26.0. The molecule has 0 atom stereocenters. The van der Waals surface area contributed by atoms with E-state index in [-0.39, 0.29) is 11.8 Å². The normalized spacial score (nSPS) is 11.2. The van der Waals surface area contributed by atoms with E-state index in [1.165, 1.54) is 0 Å². The van der Waals surface area contributed by atoms with E-state index < -0.39 is 0 Å². The summed E-state index contributed by atoms with van der Waals surface area (Å²) in [5.41, 5.74) is 14.9. The van der Waals surface area contributed by atoms with Crippen molar-refractivity contribution >= 4 is 11.8 Å². The highest BCUT2D eigenvalue weighted by atomic mass is 16.5. The number of benzene rings is 2. The second-order valence-electron chi connectivity index (χ2n) is 9.30. The van der Waals surface area contributed by atoms with Gasteiger partial charge in [0, 0.05) is 39.0 Å². The van der Waals surface area contributed by atoms with Crippen molar-refractivity contribution < 1.29 is 19.1 Å². The Morgan fingerprint density at radius 2 is 1.08 bits per heavy atom. The molecule has 0 saturated heterocycles. The molecule has 2 amide bonds. The van der Waals surface area contributed by atoms with Crippen LogP contribution in [0.25, 0.3) is 11.1 Å². The van der Waals surface area contributed by atoms with Gasteiger partial charge in [0.05, 0.1) is 13.2 Å². The summed E-state index contributed by atoms with van der Waals surface area (Å²) < 4.78 is 12.2. The minimum absolute atomic E-state index is 0.278. The van der Waals surface area contributed by atoms with Gasteiger partial charge >= 0.3 is 0 Å². The van der Waals surface area contributed by atoms with Gasteiger partial charge in [-0.3, -0.25) is 9.59 Å². The van der Waals surface area contributed by atoms with E-state index in [0.29, 0.717) is 39.1 Å². The lowest BCUT2D eigenvalue weighted by molar-refractivity contribution is -0.119. The van der Waals surface area contributed by atoms with Gasteiger partial charge in [-0.15, -0.1) is 0 Å². The second-order valence-corrected chi connectivity index (χ2v) is 9.30. The zero-order valence-electron chi connectivity index (χ0n) is 22.2. The lowest BCUT2D eigenvalue weighted by Gasteiger charge is -2.18. The summed E-state index contributed by atoms with van der Waals surface area (Å²) in [6.45, 7) is 8.36. The Kier molecular flexibility index (Phi) is 12.2. The number of amides is 2. The third-order valence-electron chi connectivity index (χ3n) is 6.22. The molecule has 2 rings (SSSR count). The Bertz CT molecular complexity index is 916. The molecular weight excluding hydrogens is 456 g/mol. The molecule has 0 saturated carbocycles. The van der Waals surface area contributed by atoms with E-state index in [2.05, 4.69) is 35.8 Å². The van der Waals surface area contributed by atoms with E-state index in [4.69, 9.17) is 20.9 Å². The number of carbonyl (C=O) groups is 2. The summed E-state index contributed by atoms with van der Waals surface area (Å²) in [6, 6.07) is 12.3. The van der Waals surface area contributed by atoms with Crippen molar-refractivity contribution in [3.8, 4) is 22.6 Å². The second kappa shape index (κ2) is 15.1. The van der Waals surface area contributed by atoms with E-state index in [0.717, 1.165) is 59.7 Å². The number of ether oxygens (including phenoxy) is 2. The van der Waals surface area contributed by atoms with Crippen LogP contribution in [0.1, 0.15) is 36.8 Å². The van der Waals surface area contributed by atoms with Crippen molar-refractivity contribution in [1.29, 1.82) is 0 Å². The summed E-state index contributed by atoms with van der Waals surface area (Å²) in [6.07, 6.45) is 2.46. The lowest BCUT2D eigenvalue weighted by atomic mass is 9.95. The molecule has 198 valence electrons. The first-order valence-corrected chi connectivity index (χ1v) is 12.6. The predicted octanol–water partition coefficient (Wildman–Crippen LogP) is 3.12. The van der Waals surface area contributed by atoms with Crippen molar-refractivity contribution in [3.63, 3.8) is 0 Å². The summed E-state index contributed by atoms with van der Waals surface area (Å²) in [5.74, 6) is 1.19. The van der Waals surface area contributed by atoms with Gasteiger partial charge in [-0.2, -0.15) is 0 Å². The number of rotatable bonds is 17. The maximum absolute atomic E-state index is 10.9. The molecule has 0 fully saturated rings. The Hall–Kier alpha value is -3.10. The highest BCUT2D eigenvalue weighted by Gasteiger charge is 2.13. The quantitative estimate of drug-likeness (QED) is 0.324. The van der Waals surface area contributed by atoms with Gasteiger partial charge in [-0.25, -0.2) is 0 Å². The topological polar surface area (TPSA) is 111 Å². The molecule has 0 aliphatic rings. The van der Waals surface area contributed by atoms with Crippen LogP contribution in [0.5, 0.6) is 11.5 Å². The Labute approximate surface area is 215 Å². The standard InChI is InChI=1S/C28H42N4O4/c1-21-23(9-5-11-25(21)35-19-7-15-31(3)17-13-27(29)33)24-10-6-12-26(22(24)2)36-20-8-16-32(4)18-14-28(30)34/h5-6,9-12H,7-8,13-20H2,1-4H3,(H2,29,33)(H2,30,34). The molecule has 0 aliphatic heterocycles. The zero-order chi connectivity index (χ0) is 26.5. The minimum atomic E-state index is -0.278. The fraction of sp³-hybridized carbons (Fsp3) is 0.500. The minimum Gasteiger partial charge on any atom is -0.493 e. The van der Waals surface area contributed by atoms with Crippen molar-refractivity contribution in [1.82, 2.24) is 9.80 Å². The summed E-state index contributed by atoms with van der Waals surface area (Å²) in [5, 5.41) is 0. The molecule has 4 N–H and O–H groups in total. The van der Waals surface area contributed by atoms with Gasteiger partial charge in [0.2, 0.25) is 11.8 Å². The van der Waals surface area contributed by atoms with Crippen molar-refractivity contribution in [3.05, 3.63) is 47.5 Å². The van der Waals surface area contributed by atoms with E-state index in [1.54, 1.807) is 0 Å². The third kappa shape index (κ3) is 9.87. The number of hydrogen-bond acceptors (Lipinski definition) is 6. The average molecular weight is 499 g/mol. The van der Waals surface area contributed by atoms with Gasteiger partial charge in [0.1, 0.15) is 11.5 Å². The van der Waals surface area contributed by atoms with Gasteiger partial charge in [-0.1, -0.05) is 24.3 Å². The number of nitrogens with two attached hydrogens (primary N) is 2. The maximum Gasteiger partial charge on any atom is 0.218 e. The molecule has 0 radical (unpaired) electrons. The molecule has 36 heavy (non-hydrogen) atoms. The third-order valence-corrected chi connectivity index (χ3v) is 6.22. The predicted molar refractivity (Wildman–Crippen MR) is 144 cm³/mol. The smallest absolute Gasteiger partial charge is 0.218 e. The summed E-state index contributed by atoms with van der Waals surface area (Å²) in [7, 11) is 3.96. The van der Waals surface area contributed by atoms with Gasteiger partial charge in [0.25, 0.3) is 0 Å². The van der Waals surface area contributed by atoms with Gasteiger partial charge < -0.3 is 30.7 Å². The molecule has 0 heterocycles. The molecule has 2 aromatic rings. The van der Waals surface area contributed by atoms with Crippen LogP contribution < -0.4 is 20.9 Å². The van der Waals surface area contributed by atoms with Crippen LogP contribution in [0, 0.1) is 13.8 Å². The number of carbonyl (C=O) groups excluding carboxylic acids is 2. The molecular formula is C28H42N4O4. The van der Waals surface area contributed by atoms with Crippen LogP contribution >= 0.6 is 0 Å². The Morgan fingerprint density at radius 3 is 1.44 bits per heavy atom. The fourth-order valence-corrected chi connectivity index (χ4v) is 3.98. The molecule has 2 aromatic carbocycles. The largest absolute Gasteiger partial charge is 0.493 e. The van der Waals surface area contributed by atoms with E-state index in [1.807, 2.05) is 38.4 Å². The number of hydrogen-bond donors (Lipinski definition) is 2. The summed E-state index contributed by atoms with van der Waals surface area (Å²) >= 11 is 0. The highest BCUT2D eigenvalue weighted by Crippen LogP contribution is 2.35. The lowest BCUT2D eigenvalue weighted by Crippen LogP contribution is -2.26. The molecule has 8 heteroatoms.